The van der Waals surface area contributed by atoms with Gasteiger partial charge in [-0.1, -0.05) is 17.7 Å². The fourth-order valence-corrected chi connectivity index (χ4v) is 2.32. The van der Waals surface area contributed by atoms with Crippen molar-refractivity contribution in [2.75, 3.05) is 0 Å². The van der Waals surface area contributed by atoms with E-state index >= 15 is 0 Å². The molecule has 0 unspecified atom stereocenters. The lowest BCUT2D eigenvalue weighted by molar-refractivity contribution is 0.0989. The zero-order chi connectivity index (χ0) is 10.7. The second-order valence-electron chi connectivity index (χ2n) is 3.01. The van der Waals surface area contributed by atoms with Gasteiger partial charge in [0.25, 0.3) is 0 Å². The van der Waals surface area contributed by atoms with Crippen LogP contribution in [0.4, 0.5) is 0 Å². The van der Waals surface area contributed by atoms with Crippen LogP contribution in [0.15, 0.2) is 35.8 Å². The predicted molar refractivity (Wildman–Crippen MR) is 61.6 cm³/mol. The maximum atomic E-state index is 11.7. The maximum absolute atomic E-state index is 11.7. The molecule has 76 valence electrons. The molecule has 0 amide bonds. The van der Waals surface area contributed by atoms with Gasteiger partial charge in [0.05, 0.1) is 5.02 Å². The lowest BCUT2D eigenvalue weighted by atomic mass is 10.2. The summed E-state index contributed by atoms with van der Waals surface area (Å²) in [6.07, 6.45) is 1.94. The fraction of sp³-hybridized carbons (Fsp3) is 0.0909. The van der Waals surface area contributed by atoms with E-state index in [1.807, 2.05) is 5.38 Å². The second kappa shape index (κ2) is 4.55. The summed E-state index contributed by atoms with van der Waals surface area (Å²) in [6.45, 7) is 0. The Kier molecular flexibility index (Phi) is 3.14. The third kappa shape index (κ3) is 2.43. The van der Waals surface area contributed by atoms with Crippen LogP contribution in [-0.2, 0) is 6.42 Å². The van der Waals surface area contributed by atoms with Gasteiger partial charge in [0, 0.05) is 17.5 Å². The normalized spacial score (nSPS) is 10.2. The van der Waals surface area contributed by atoms with Gasteiger partial charge < -0.3 is 0 Å². The molecule has 0 aliphatic carbocycles. The number of aromatic nitrogens is 1. The Balaban J connectivity index is 2.15. The first-order valence-electron chi connectivity index (χ1n) is 4.43. The van der Waals surface area contributed by atoms with Crippen molar-refractivity contribution in [3.63, 3.8) is 0 Å². The monoisotopic (exact) mass is 237 g/mol. The highest BCUT2D eigenvalue weighted by Gasteiger charge is 2.11. The number of carbonyl (C=O) groups is 1. The molecule has 2 nitrogen and oxygen atoms in total. The molecule has 2 aromatic heterocycles. The minimum Gasteiger partial charge on any atom is -0.292 e. The lowest BCUT2D eigenvalue weighted by Gasteiger charge is -1.98. The lowest BCUT2D eigenvalue weighted by Crippen LogP contribution is -2.04. The molecule has 0 N–H and O–H groups in total. The van der Waals surface area contributed by atoms with Crippen molar-refractivity contribution in [2.45, 2.75) is 6.42 Å². The highest BCUT2D eigenvalue weighted by atomic mass is 35.5. The summed E-state index contributed by atoms with van der Waals surface area (Å²) in [7, 11) is 0. The number of carbonyl (C=O) groups excluding carboxylic acids is 1. The molecule has 4 heteroatoms. The third-order valence-electron chi connectivity index (χ3n) is 1.96. The Labute approximate surface area is 96.5 Å². The molecule has 0 aromatic carbocycles. The number of hydrogen-bond acceptors (Lipinski definition) is 3. The third-order valence-corrected chi connectivity index (χ3v) is 3.35. The summed E-state index contributed by atoms with van der Waals surface area (Å²) >= 11 is 7.40. The van der Waals surface area contributed by atoms with E-state index in [0.29, 0.717) is 17.1 Å². The molecule has 0 atom stereocenters. The molecular weight excluding hydrogens is 230 g/mol. The quantitative estimate of drug-likeness (QED) is 0.768. The first-order chi connectivity index (χ1) is 7.27. The molecular formula is C11H8ClNOS. The Morgan fingerprint density at radius 3 is 2.87 bits per heavy atom. The van der Waals surface area contributed by atoms with Gasteiger partial charge in [-0.3, -0.25) is 9.78 Å². The summed E-state index contributed by atoms with van der Waals surface area (Å²) in [5.41, 5.74) is 0.488. The van der Waals surface area contributed by atoms with Gasteiger partial charge in [0.2, 0.25) is 0 Å². The van der Waals surface area contributed by atoms with E-state index in [4.69, 9.17) is 11.6 Å². The molecule has 0 aliphatic rings. The zero-order valence-corrected chi connectivity index (χ0v) is 9.39. The Bertz CT molecular complexity index is 466. The van der Waals surface area contributed by atoms with E-state index in [1.165, 1.54) is 11.3 Å². The highest BCUT2D eigenvalue weighted by Crippen LogP contribution is 2.23. The van der Waals surface area contributed by atoms with Crippen LogP contribution in [0.2, 0.25) is 5.02 Å². The molecule has 0 bridgehead atoms. The number of nitrogens with zero attached hydrogens (tertiary/aromatic N) is 1. The summed E-state index contributed by atoms with van der Waals surface area (Å²) < 4.78 is 0. The van der Waals surface area contributed by atoms with Gasteiger partial charge in [-0.2, -0.15) is 0 Å². The van der Waals surface area contributed by atoms with Crippen LogP contribution < -0.4 is 0 Å². The van der Waals surface area contributed by atoms with Crippen molar-refractivity contribution in [3.8, 4) is 0 Å². The minimum absolute atomic E-state index is 0.0000463. The summed E-state index contributed by atoms with van der Waals surface area (Å²) in [6, 6.07) is 7.10. The van der Waals surface area contributed by atoms with E-state index in [1.54, 1.807) is 30.5 Å². The molecule has 15 heavy (non-hydrogen) atoms. The van der Waals surface area contributed by atoms with Crippen LogP contribution in [0.1, 0.15) is 15.4 Å². The van der Waals surface area contributed by atoms with Crippen LogP contribution in [0, 0.1) is 0 Å². The van der Waals surface area contributed by atoms with Crippen molar-refractivity contribution < 1.29 is 4.79 Å². The number of ketones is 1. The Morgan fingerprint density at radius 2 is 2.27 bits per heavy atom. The highest BCUT2D eigenvalue weighted by molar-refractivity contribution is 7.10. The number of rotatable bonds is 3. The molecule has 2 heterocycles. The molecule has 0 saturated heterocycles. The molecule has 2 aromatic rings. The van der Waals surface area contributed by atoms with Gasteiger partial charge in [-0.05, 0) is 23.6 Å². The SMILES string of the molecule is O=C(Cc1sccc1Cl)c1ccccn1. The Morgan fingerprint density at radius 1 is 1.40 bits per heavy atom. The molecule has 0 spiro atoms. The predicted octanol–water partition coefficient (Wildman–Crippen LogP) is 3.22. The number of thiophene rings is 1. The molecule has 0 aliphatic heterocycles. The van der Waals surface area contributed by atoms with Gasteiger partial charge in [-0.15, -0.1) is 11.3 Å². The van der Waals surface area contributed by atoms with Crippen LogP contribution in [0.3, 0.4) is 0 Å². The molecule has 0 radical (unpaired) electrons. The van der Waals surface area contributed by atoms with Gasteiger partial charge in [0.1, 0.15) is 5.69 Å². The fourth-order valence-electron chi connectivity index (χ4n) is 1.22. The van der Waals surface area contributed by atoms with Crippen molar-refractivity contribution in [3.05, 3.63) is 51.4 Å². The molecule has 2 rings (SSSR count). The molecule has 0 fully saturated rings. The van der Waals surface area contributed by atoms with Crippen LogP contribution >= 0.6 is 22.9 Å². The van der Waals surface area contributed by atoms with Crippen molar-refractivity contribution >= 4 is 28.7 Å². The van der Waals surface area contributed by atoms with Crippen molar-refractivity contribution in [1.82, 2.24) is 4.98 Å². The van der Waals surface area contributed by atoms with E-state index in [2.05, 4.69) is 4.98 Å². The number of hydrogen-bond donors (Lipinski definition) is 0. The maximum Gasteiger partial charge on any atom is 0.186 e. The average molecular weight is 238 g/mol. The van der Waals surface area contributed by atoms with Gasteiger partial charge in [0.15, 0.2) is 5.78 Å². The number of halogens is 1. The largest absolute Gasteiger partial charge is 0.292 e. The summed E-state index contributed by atoms with van der Waals surface area (Å²) in [4.78, 5) is 16.6. The zero-order valence-electron chi connectivity index (χ0n) is 7.81. The van der Waals surface area contributed by atoms with Crippen molar-refractivity contribution in [1.29, 1.82) is 0 Å². The van der Waals surface area contributed by atoms with Crippen molar-refractivity contribution in [2.24, 2.45) is 0 Å². The smallest absolute Gasteiger partial charge is 0.186 e. The average Bonchev–Trinajstić information content (AvgIpc) is 2.66. The van der Waals surface area contributed by atoms with E-state index in [0.717, 1.165) is 4.88 Å². The van der Waals surface area contributed by atoms with E-state index in [-0.39, 0.29) is 5.78 Å². The number of pyridine rings is 1. The Hall–Kier alpha value is -1.19. The summed E-state index contributed by atoms with van der Waals surface area (Å²) in [5.74, 6) is -0.0000463. The van der Waals surface area contributed by atoms with Crippen LogP contribution in [-0.4, -0.2) is 10.8 Å². The standard InChI is InChI=1S/C11H8ClNOS/c12-8-4-6-15-11(8)7-10(14)9-3-1-2-5-13-9/h1-6H,7H2. The van der Waals surface area contributed by atoms with Crippen LogP contribution in [0.25, 0.3) is 0 Å². The molecule has 0 saturated carbocycles. The van der Waals surface area contributed by atoms with Gasteiger partial charge in [-0.25, -0.2) is 0 Å². The second-order valence-corrected chi connectivity index (χ2v) is 4.41. The van der Waals surface area contributed by atoms with Gasteiger partial charge >= 0.3 is 0 Å². The minimum atomic E-state index is -0.0000463. The van der Waals surface area contributed by atoms with Crippen LogP contribution in [0.5, 0.6) is 0 Å². The summed E-state index contributed by atoms with van der Waals surface area (Å²) in [5, 5.41) is 2.54. The topological polar surface area (TPSA) is 30.0 Å². The first-order valence-corrected chi connectivity index (χ1v) is 5.69. The number of Topliss-reactive ketones (excluding diaryl/α,β-unsaturated/α-hetero) is 1. The first kappa shape index (κ1) is 10.3. The van der Waals surface area contributed by atoms with E-state index < -0.39 is 0 Å². The van der Waals surface area contributed by atoms with E-state index in [9.17, 15) is 4.79 Å².